The number of rotatable bonds is 1. The first-order chi connectivity index (χ1) is 11.4. The van der Waals surface area contributed by atoms with Crippen LogP contribution in [-0.2, 0) is 4.74 Å². The van der Waals surface area contributed by atoms with Crippen molar-refractivity contribution in [1.82, 2.24) is 9.78 Å². The standard InChI is InChI=1S/C19H18N2O2/c1-22-12-8-9-17-15(11-12)19-14(6-4-10-23-19)18-13-5-2-3-7-16(13)20-21(17)18/h2-3,5,7-9,11,14,19H,4,6,10H2,1H3. The highest BCUT2D eigenvalue weighted by molar-refractivity contribution is 5.83. The lowest BCUT2D eigenvalue weighted by Gasteiger charge is -2.37. The molecule has 2 atom stereocenters. The third kappa shape index (κ3) is 1.78. The Balaban J connectivity index is 1.83. The van der Waals surface area contributed by atoms with Crippen LogP contribution in [0.4, 0.5) is 0 Å². The lowest BCUT2D eigenvalue weighted by molar-refractivity contribution is -0.00667. The molecule has 2 unspecified atom stereocenters. The van der Waals surface area contributed by atoms with Gasteiger partial charge < -0.3 is 9.47 Å². The molecule has 1 saturated heterocycles. The van der Waals surface area contributed by atoms with E-state index in [4.69, 9.17) is 14.6 Å². The third-order valence-electron chi connectivity index (χ3n) is 5.06. The predicted molar refractivity (Wildman–Crippen MR) is 88.3 cm³/mol. The maximum absolute atomic E-state index is 6.19. The molecule has 0 radical (unpaired) electrons. The molecule has 1 aromatic heterocycles. The van der Waals surface area contributed by atoms with Gasteiger partial charge in [0.05, 0.1) is 30.1 Å². The Morgan fingerprint density at radius 1 is 1.22 bits per heavy atom. The van der Waals surface area contributed by atoms with Crippen molar-refractivity contribution in [3.05, 3.63) is 53.7 Å². The number of hydrogen-bond donors (Lipinski definition) is 0. The van der Waals surface area contributed by atoms with Crippen LogP contribution in [0.3, 0.4) is 0 Å². The molecule has 0 bridgehead atoms. The maximum Gasteiger partial charge on any atom is 0.119 e. The molecule has 0 N–H and O–H groups in total. The normalized spacial score (nSPS) is 22.3. The SMILES string of the molecule is COc1ccc2c(c1)C1OCCCC1c1c3ccccc3nn1-2. The molecule has 0 saturated carbocycles. The number of benzene rings is 2. The van der Waals surface area contributed by atoms with Gasteiger partial charge in [0, 0.05) is 23.5 Å². The molecule has 0 amide bonds. The van der Waals surface area contributed by atoms with Crippen molar-refractivity contribution in [2.45, 2.75) is 24.9 Å². The summed E-state index contributed by atoms with van der Waals surface area (Å²) in [4.78, 5) is 0. The minimum atomic E-state index is 0.0986. The molecule has 1 fully saturated rings. The summed E-state index contributed by atoms with van der Waals surface area (Å²) in [6.07, 6.45) is 2.33. The zero-order chi connectivity index (χ0) is 15.4. The second-order valence-corrected chi connectivity index (χ2v) is 6.28. The number of ether oxygens (including phenoxy) is 2. The van der Waals surface area contributed by atoms with E-state index in [1.807, 2.05) is 12.1 Å². The highest BCUT2D eigenvalue weighted by Gasteiger charge is 2.39. The molecule has 23 heavy (non-hydrogen) atoms. The summed E-state index contributed by atoms with van der Waals surface area (Å²) in [6.45, 7) is 0.823. The fourth-order valence-electron chi connectivity index (χ4n) is 4.04. The van der Waals surface area contributed by atoms with Crippen LogP contribution >= 0.6 is 0 Å². The van der Waals surface area contributed by atoms with Crippen LogP contribution in [-0.4, -0.2) is 23.5 Å². The van der Waals surface area contributed by atoms with Crippen molar-refractivity contribution in [3.8, 4) is 11.4 Å². The van der Waals surface area contributed by atoms with E-state index in [-0.39, 0.29) is 6.10 Å². The predicted octanol–water partition coefficient (Wildman–Crippen LogP) is 3.98. The lowest BCUT2D eigenvalue weighted by atomic mass is 9.82. The van der Waals surface area contributed by atoms with Gasteiger partial charge in [-0.25, -0.2) is 4.68 Å². The minimum absolute atomic E-state index is 0.0986. The van der Waals surface area contributed by atoms with Gasteiger partial charge in [-0.2, -0.15) is 5.10 Å². The quantitative estimate of drug-likeness (QED) is 0.682. The maximum atomic E-state index is 6.19. The molecule has 5 rings (SSSR count). The van der Waals surface area contributed by atoms with E-state index < -0.39 is 0 Å². The number of fused-ring (bicyclic) bond motifs is 8. The van der Waals surface area contributed by atoms with E-state index in [0.29, 0.717) is 5.92 Å². The van der Waals surface area contributed by atoms with Crippen LogP contribution in [0.5, 0.6) is 5.75 Å². The summed E-state index contributed by atoms with van der Waals surface area (Å²) in [6, 6.07) is 14.6. The smallest absolute Gasteiger partial charge is 0.119 e. The van der Waals surface area contributed by atoms with Gasteiger partial charge >= 0.3 is 0 Å². The van der Waals surface area contributed by atoms with Gasteiger partial charge in [-0.05, 0) is 37.1 Å². The molecule has 0 aliphatic carbocycles. The molecular formula is C19H18N2O2. The molecule has 3 heterocycles. The third-order valence-corrected chi connectivity index (χ3v) is 5.06. The Morgan fingerprint density at radius 3 is 3.04 bits per heavy atom. The molecule has 4 nitrogen and oxygen atoms in total. The van der Waals surface area contributed by atoms with Crippen molar-refractivity contribution in [1.29, 1.82) is 0 Å². The van der Waals surface area contributed by atoms with Crippen LogP contribution in [0, 0.1) is 0 Å². The van der Waals surface area contributed by atoms with Crippen molar-refractivity contribution in [2.75, 3.05) is 13.7 Å². The molecular weight excluding hydrogens is 288 g/mol. The zero-order valence-electron chi connectivity index (χ0n) is 13.0. The Bertz CT molecular complexity index is 900. The average Bonchev–Trinajstić information content (AvgIpc) is 3.01. The van der Waals surface area contributed by atoms with Crippen LogP contribution < -0.4 is 4.74 Å². The largest absolute Gasteiger partial charge is 0.497 e. The molecule has 0 spiro atoms. The van der Waals surface area contributed by atoms with Crippen LogP contribution in [0.1, 0.15) is 36.1 Å². The van der Waals surface area contributed by atoms with Gasteiger partial charge in [0.25, 0.3) is 0 Å². The fourth-order valence-corrected chi connectivity index (χ4v) is 4.04. The summed E-state index contributed by atoms with van der Waals surface area (Å²) < 4.78 is 13.7. The first-order valence-corrected chi connectivity index (χ1v) is 8.14. The lowest BCUT2D eigenvalue weighted by Crippen LogP contribution is -2.28. The molecule has 2 aliphatic heterocycles. The molecule has 2 aromatic carbocycles. The summed E-state index contributed by atoms with van der Waals surface area (Å²) >= 11 is 0. The summed E-state index contributed by atoms with van der Waals surface area (Å²) in [5.74, 6) is 1.23. The molecule has 116 valence electrons. The summed E-state index contributed by atoms with van der Waals surface area (Å²) in [5, 5.41) is 6.11. The van der Waals surface area contributed by atoms with Gasteiger partial charge in [0.1, 0.15) is 5.75 Å². The Hall–Kier alpha value is -2.33. The van der Waals surface area contributed by atoms with Gasteiger partial charge in [-0.3, -0.25) is 0 Å². The number of hydrogen-bond acceptors (Lipinski definition) is 3. The van der Waals surface area contributed by atoms with Gasteiger partial charge in [0.15, 0.2) is 0 Å². The number of methoxy groups -OCH3 is 1. The Labute approximate surface area is 134 Å². The van der Waals surface area contributed by atoms with Crippen LogP contribution in [0.25, 0.3) is 16.6 Å². The van der Waals surface area contributed by atoms with Crippen molar-refractivity contribution in [2.24, 2.45) is 0 Å². The van der Waals surface area contributed by atoms with Gasteiger partial charge in [0.2, 0.25) is 0 Å². The van der Waals surface area contributed by atoms with Gasteiger partial charge in [-0.15, -0.1) is 0 Å². The second-order valence-electron chi connectivity index (χ2n) is 6.28. The Kier molecular flexibility index (Phi) is 2.76. The first-order valence-electron chi connectivity index (χ1n) is 8.14. The van der Waals surface area contributed by atoms with E-state index in [1.165, 1.54) is 16.6 Å². The van der Waals surface area contributed by atoms with E-state index >= 15 is 0 Å². The van der Waals surface area contributed by atoms with E-state index in [9.17, 15) is 0 Å². The van der Waals surface area contributed by atoms with Crippen molar-refractivity contribution in [3.63, 3.8) is 0 Å². The summed E-state index contributed by atoms with van der Waals surface area (Å²) in [5.41, 5.74) is 4.65. The summed E-state index contributed by atoms with van der Waals surface area (Å²) in [7, 11) is 1.71. The zero-order valence-corrected chi connectivity index (χ0v) is 13.0. The van der Waals surface area contributed by atoms with E-state index in [0.717, 1.165) is 36.4 Å². The topological polar surface area (TPSA) is 36.3 Å². The van der Waals surface area contributed by atoms with Crippen molar-refractivity contribution < 1.29 is 9.47 Å². The number of nitrogens with zero attached hydrogens (tertiary/aromatic N) is 2. The first kappa shape index (κ1) is 13.1. The number of aromatic nitrogens is 2. The Morgan fingerprint density at radius 2 is 2.13 bits per heavy atom. The average molecular weight is 306 g/mol. The van der Waals surface area contributed by atoms with Crippen molar-refractivity contribution >= 4 is 10.9 Å². The monoisotopic (exact) mass is 306 g/mol. The fraction of sp³-hybridized carbons (Fsp3) is 0.316. The van der Waals surface area contributed by atoms with E-state index in [2.05, 4.69) is 35.0 Å². The van der Waals surface area contributed by atoms with Crippen LogP contribution in [0.15, 0.2) is 42.5 Å². The highest BCUT2D eigenvalue weighted by atomic mass is 16.5. The van der Waals surface area contributed by atoms with Crippen LogP contribution in [0.2, 0.25) is 0 Å². The van der Waals surface area contributed by atoms with E-state index in [1.54, 1.807) is 7.11 Å². The minimum Gasteiger partial charge on any atom is -0.497 e. The molecule has 3 aromatic rings. The highest BCUT2D eigenvalue weighted by Crippen LogP contribution is 2.49. The molecule has 2 aliphatic rings. The molecule has 4 heteroatoms. The van der Waals surface area contributed by atoms with Gasteiger partial charge in [-0.1, -0.05) is 18.2 Å². The second kappa shape index (κ2) is 4.83.